The topological polar surface area (TPSA) is 27.7 Å². The zero-order chi connectivity index (χ0) is 18.6. The summed E-state index contributed by atoms with van der Waals surface area (Å²) in [6, 6.07) is 20.9. The van der Waals surface area contributed by atoms with E-state index in [-0.39, 0.29) is 12.2 Å². The average Bonchev–Trinajstić information content (AvgIpc) is 2.69. The first-order valence-electron chi connectivity index (χ1n) is 9.46. The zero-order valence-corrected chi connectivity index (χ0v) is 16.3. The second-order valence-electron chi connectivity index (χ2n) is 7.34. The average molecular weight is 354 g/mol. The first kappa shape index (κ1) is 19.1. The van der Waals surface area contributed by atoms with Crippen molar-refractivity contribution in [2.45, 2.75) is 56.5 Å². The Kier molecular flexibility index (Phi) is 5.81. The molecule has 0 heterocycles. The highest BCUT2D eigenvalue weighted by molar-refractivity contribution is 5.33. The van der Waals surface area contributed by atoms with Crippen molar-refractivity contribution in [2.75, 3.05) is 14.2 Å². The molecule has 2 atom stereocenters. The van der Waals surface area contributed by atoms with Gasteiger partial charge in [0.15, 0.2) is 0 Å². The van der Waals surface area contributed by atoms with Crippen LogP contribution in [0.4, 0.5) is 0 Å². The lowest BCUT2D eigenvalue weighted by Crippen LogP contribution is -2.59. The van der Waals surface area contributed by atoms with Gasteiger partial charge in [0.05, 0.1) is 6.10 Å². The molecule has 0 N–H and O–H groups in total. The summed E-state index contributed by atoms with van der Waals surface area (Å²) in [6.07, 6.45) is 2.63. The van der Waals surface area contributed by atoms with Crippen molar-refractivity contribution in [3.63, 3.8) is 0 Å². The van der Waals surface area contributed by atoms with Crippen LogP contribution in [0.5, 0.6) is 0 Å². The van der Waals surface area contributed by atoms with Gasteiger partial charge in [0.1, 0.15) is 17.3 Å². The lowest BCUT2D eigenvalue weighted by Gasteiger charge is -2.53. The van der Waals surface area contributed by atoms with Crippen LogP contribution in [0.25, 0.3) is 0 Å². The molecule has 1 aliphatic rings. The Morgan fingerprint density at radius 2 is 1.19 bits per heavy atom. The molecule has 140 valence electrons. The molecule has 0 radical (unpaired) electrons. The number of hydrogen-bond donors (Lipinski definition) is 0. The normalized spacial score (nSPS) is 29.0. The van der Waals surface area contributed by atoms with Crippen LogP contribution in [0.3, 0.4) is 0 Å². The Bertz CT molecular complexity index is 630. The van der Waals surface area contributed by atoms with Crippen LogP contribution in [0.2, 0.25) is 0 Å². The predicted molar refractivity (Wildman–Crippen MR) is 104 cm³/mol. The van der Waals surface area contributed by atoms with Crippen molar-refractivity contribution < 1.29 is 14.2 Å². The molecule has 3 rings (SSSR count). The van der Waals surface area contributed by atoms with E-state index in [1.54, 1.807) is 14.2 Å². The van der Waals surface area contributed by atoms with Gasteiger partial charge in [-0.15, -0.1) is 0 Å². The summed E-state index contributed by atoms with van der Waals surface area (Å²) in [5.74, 6) is 0. The molecule has 3 heteroatoms. The van der Waals surface area contributed by atoms with Gasteiger partial charge in [-0.3, -0.25) is 0 Å². The van der Waals surface area contributed by atoms with Crippen molar-refractivity contribution in [1.29, 1.82) is 0 Å². The highest BCUT2D eigenvalue weighted by Gasteiger charge is 2.57. The van der Waals surface area contributed by atoms with E-state index in [1.165, 1.54) is 0 Å². The molecule has 3 nitrogen and oxygen atoms in total. The van der Waals surface area contributed by atoms with Crippen LogP contribution in [0, 0.1) is 0 Å². The molecule has 0 saturated heterocycles. The maximum atomic E-state index is 6.56. The van der Waals surface area contributed by atoms with Gasteiger partial charge >= 0.3 is 0 Å². The second-order valence-corrected chi connectivity index (χ2v) is 7.34. The maximum Gasteiger partial charge on any atom is 0.124 e. The summed E-state index contributed by atoms with van der Waals surface area (Å²) in [6.45, 7) is 4.15. The lowest BCUT2D eigenvalue weighted by molar-refractivity contribution is -0.258. The molecule has 1 aliphatic carbocycles. The minimum Gasteiger partial charge on any atom is -0.371 e. The van der Waals surface area contributed by atoms with Crippen LogP contribution >= 0.6 is 0 Å². The van der Waals surface area contributed by atoms with Crippen LogP contribution < -0.4 is 0 Å². The van der Waals surface area contributed by atoms with E-state index in [1.807, 2.05) is 12.1 Å². The van der Waals surface area contributed by atoms with Crippen LogP contribution in [-0.2, 0) is 25.4 Å². The summed E-state index contributed by atoms with van der Waals surface area (Å²) in [5.41, 5.74) is 1.20. The van der Waals surface area contributed by atoms with E-state index < -0.39 is 11.2 Å². The molecule has 1 fully saturated rings. The Morgan fingerprint density at radius 1 is 0.769 bits per heavy atom. The van der Waals surface area contributed by atoms with Gasteiger partial charge in [-0.25, -0.2) is 0 Å². The summed E-state index contributed by atoms with van der Waals surface area (Å²) in [5, 5.41) is 0. The highest BCUT2D eigenvalue weighted by atomic mass is 16.6. The van der Waals surface area contributed by atoms with Crippen molar-refractivity contribution in [1.82, 2.24) is 0 Å². The van der Waals surface area contributed by atoms with Crippen molar-refractivity contribution in [3.8, 4) is 0 Å². The van der Waals surface area contributed by atoms with E-state index in [2.05, 4.69) is 62.4 Å². The monoisotopic (exact) mass is 354 g/mol. The third-order valence-corrected chi connectivity index (χ3v) is 5.61. The summed E-state index contributed by atoms with van der Waals surface area (Å²) >= 11 is 0. The fourth-order valence-electron chi connectivity index (χ4n) is 4.43. The molecule has 0 spiro atoms. The van der Waals surface area contributed by atoms with E-state index >= 15 is 0 Å². The van der Waals surface area contributed by atoms with Gasteiger partial charge in [-0.05, 0) is 44.2 Å². The third kappa shape index (κ3) is 3.20. The molecule has 0 amide bonds. The van der Waals surface area contributed by atoms with Gasteiger partial charge < -0.3 is 14.2 Å². The Labute approximate surface area is 157 Å². The molecule has 0 aromatic heterocycles. The maximum absolute atomic E-state index is 6.56. The van der Waals surface area contributed by atoms with E-state index in [0.717, 1.165) is 30.4 Å². The summed E-state index contributed by atoms with van der Waals surface area (Å²) < 4.78 is 19.1. The lowest BCUT2D eigenvalue weighted by atomic mass is 9.66. The minimum absolute atomic E-state index is 0.0644. The first-order chi connectivity index (χ1) is 12.6. The van der Waals surface area contributed by atoms with Crippen LogP contribution in [0.1, 0.15) is 44.2 Å². The quantitative estimate of drug-likeness (QED) is 0.727. The van der Waals surface area contributed by atoms with Crippen LogP contribution in [-0.4, -0.2) is 26.4 Å². The van der Waals surface area contributed by atoms with Gasteiger partial charge in [0.2, 0.25) is 0 Å². The Balaban J connectivity index is 2.19. The summed E-state index contributed by atoms with van der Waals surface area (Å²) in [4.78, 5) is 0. The molecular weight excluding hydrogens is 324 g/mol. The van der Waals surface area contributed by atoms with Gasteiger partial charge in [-0.1, -0.05) is 60.7 Å². The zero-order valence-electron chi connectivity index (χ0n) is 16.3. The number of benzene rings is 2. The van der Waals surface area contributed by atoms with Gasteiger partial charge in [0, 0.05) is 14.2 Å². The van der Waals surface area contributed by atoms with Crippen LogP contribution in [0.15, 0.2) is 60.7 Å². The molecular formula is C23H30O3. The van der Waals surface area contributed by atoms with Crippen molar-refractivity contribution in [3.05, 3.63) is 71.8 Å². The number of ether oxygens (including phenoxy) is 3. The van der Waals surface area contributed by atoms with Crippen molar-refractivity contribution >= 4 is 0 Å². The largest absolute Gasteiger partial charge is 0.371 e. The second kappa shape index (κ2) is 7.91. The molecule has 2 unspecified atom stereocenters. The Hall–Kier alpha value is -1.68. The molecule has 26 heavy (non-hydrogen) atoms. The number of methoxy groups -OCH3 is 2. The highest BCUT2D eigenvalue weighted by Crippen LogP contribution is 2.52. The van der Waals surface area contributed by atoms with Gasteiger partial charge in [0.25, 0.3) is 0 Å². The molecule has 2 aromatic carbocycles. The SMILES string of the molecule is COC1(c2ccccc2)CCCC(OC)(c2ccccc2)C1OC(C)C. The molecule has 0 bridgehead atoms. The van der Waals surface area contributed by atoms with E-state index in [9.17, 15) is 0 Å². The third-order valence-electron chi connectivity index (χ3n) is 5.61. The van der Waals surface area contributed by atoms with E-state index in [0.29, 0.717) is 0 Å². The van der Waals surface area contributed by atoms with Gasteiger partial charge in [-0.2, -0.15) is 0 Å². The smallest absolute Gasteiger partial charge is 0.124 e. The first-order valence-corrected chi connectivity index (χ1v) is 9.46. The molecule has 1 saturated carbocycles. The fourth-order valence-corrected chi connectivity index (χ4v) is 4.43. The van der Waals surface area contributed by atoms with Crippen molar-refractivity contribution in [2.24, 2.45) is 0 Å². The predicted octanol–water partition coefficient (Wildman–Crippen LogP) is 5.05. The Morgan fingerprint density at radius 3 is 1.54 bits per heavy atom. The fraction of sp³-hybridized carbons (Fsp3) is 0.478. The number of hydrogen-bond acceptors (Lipinski definition) is 3. The van der Waals surface area contributed by atoms with E-state index in [4.69, 9.17) is 14.2 Å². The number of rotatable bonds is 6. The minimum atomic E-state index is -0.546. The standard InChI is InChI=1S/C23H30O3/c1-18(2)26-21-22(24-3,19-12-7-5-8-13-19)16-11-17-23(21,25-4)20-14-9-6-10-15-20/h5-10,12-15,18,21H,11,16-17H2,1-4H3. The molecule has 2 aromatic rings. The molecule has 0 aliphatic heterocycles. The summed E-state index contributed by atoms with van der Waals surface area (Å²) in [7, 11) is 3.58.